The maximum atomic E-state index is 11.8. The van der Waals surface area contributed by atoms with Gasteiger partial charge in [-0.25, -0.2) is 9.97 Å². The van der Waals surface area contributed by atoms with Gasteiger partial charge in [0.2, 0.25) is 0 Å². The molecule has 166 valence electrons. The number of nitrogens with two attached hydrogens (primary N) is 1. The van der Waals surface area contributed by atoms with Crippen LogP contribution in [-0.4, -0.2) is 63.4 Å². The molecule has 4 aromatic rings. The average molecular weight is 476 g/mol. The Morgan fingerprint density at radius 1 is 1.38 bits per heavy atom. The van der Waals surface area contributed by atoms with Crippen LogP contribution in [0.4, 0.5) is 0 Å². The number of amides is 2. The number of ether oxygens (including phenoxy) is 2. The first kappa shape index (κ1) is 21.7. The van der Waals surface area contributed by atoms with Crippen LogP contribution in [0, 0.1) is 0 Å². The minimum absolute atomic E-state index is 0.143. The third-order valence-electron chi connectivity index (χ3n) is 4.39. The number of aromatic amines is 1. The minimum atomic E-state index is -0.609. The smallest absolute Gasteiger partial charge is 0.277 e. The van der Waals surface area contributed by atoms with E-state index in [2.05, 4.69) is 25.5 Å². The van der Waals surface area contributed by atoms with Gasteiger partial charge in [0.15, 0.2) is 23.1 Å². The molecule has 32 heavy (non-hydrogen) atoms. The molecule has 0 aliphatic heterocycles. The molecule has 3 aromatic heterocycles. The molecule has 0 atom stereocenters. The second-order valence-corrected chi connectivity index (χ2v) is 7.94. The summed E-state index contributed by atoms with van der Waals surface area (Å²) < 4.78 is 12.8. The fraction of sp³-hybridized carbons (Fsp3) is 0.211. The van der Waals surface area contributed by atoms with E-state index in [0.29, 0.717) is 51.3 Å². The van der Waals surface area contributed by atoms with Crippen LogP contribution in [-0.2, 0) is 9.53 Å². The van der Waals surface area contributed by atoms with Crippen LogP contribution in [0.5, 0.6) is 5.75 Å². The Morgan fingerprint density at radius 3 is 2.97 bits per heavy atom. The number of hydrogen-bond donors (Lipinski definition) is 3. The Labute approximate surface area is 190 Å². The molecule has 13 heteroatoms. The van der Waals surface area contributed by atoms with Gasteiger partial charge in [0.1, 0.15) is 16.8 Å². The molecule has 0 saturated carbocycles. The van der Waals surface area contributed by atoms with E-state index in [1.807, 2.05) is 0 Å². The molecule has 0 bridgehead atoms. The largest absolute Gasteiger partial charge is 0.484 e. The summed E-state index contributed by atoms with van der Waals surface area (Å²) in [5.41, 5.74) is 7.13. The van der Waals surface area contributed by atoms with Crippen LogP contribution in [0.1, 0.15) is 9.80 Å². The van der Waals surface area contributed by atoms with Crippen LogP contribution in [0.15, 0.2) is 30.7 Å². The number of benzene rings is 1. The number of nitrogens with zero attached hydrogens (tertiary/aromatic N) is 4. The van der Waals surface area contributed by atoms with Gasteiger partial charge in [0.25, 0.3) is 11.8 Å². The van der Waals surface area contributed by atoms with Gasteiger partial charge >= 0.3 is 0 Å². The van der Waals surface area contributed by atoms with Crippen LogP contribution in [0.25, 0.3) is 27.4 Å². The SMILES string of the molecule is COCCNC(=O)COc1ccc(-c2cncn2-c2n[nH]c3nc(C(N)=O)sc23)c(Cl)c1. The molecule has 0 saturated heterocycles. The number of hydrogen-bond acceptors (Lipinski definition) is 8. The summed E-state index contributed by atoms with van der Waals surface area (Å²) in [5, 5.41) is 10.3. The third kappa shape index (κ3) is 4.42. The van der Waals surface area contributed by atoms with E-state index in [1.54, 1.807) is 42.4 Å². The number of imidazole rings is 1. The molecule has 4 rings (SSSR count). The molecular formula is C19H18ClN7O4S. The van der Waals surface area contributed by atoms with E-state index in [9.17, 15) is 9.59 Å². The molecule has 0 radical (unpaired) electrons. The molecule has 0 spiro atoms. The number of carbonyl (C=O) groups is 2. The van der Waals surface area contributed by atoms with Crippen LogP contribution >= 0.6 is 22.9 Å². The van der Waals surface area contributed by atoms with Crippen molar-refractivity contribution in [1.82, 2.24) is 30.0 Å². The van der Waals surface area contributed by atoms with Crippen molar-refractivity contribution < 1.29 is 19.1 Å². The average Bonchev–Trinajstić information content (AvgIpc) is 3.48. The molecule has 0 aliphatic rings. The minimum Gasteiger partial charge on any atom is -0.484 e. The summed E-state index contributed by atoms with van der Waals surface area (Å²) in [7, 11) is 1.56. The van der Waals surface area contributed by atoms with Crippen molar-refractivity contribution in [1.29, 1.82) is 0 Å². The van der Waals surface area contributed by atoms with Gasteiger partial charge in [-0.1, -0.05) is 11.6 Å². The Balaban J connectivity index is 1.55. The van der Waals surface area contributed by atoms with Crippen LogP contribution < -0.4 is 15.8 Å². The van der Waals surface area contributed by atoms with E-state index >= 15 is 0 Å². The van der Waals surface area contributed by atoms with Crippen molar-refractivity contribution in [3.63, 3.8) is 0 Å². The number of nitrogens with one attached hydrogen (secondary N) is 2. The summed E-state index contributed by atoms with van der Waals surface area (Å²) in [6, 6.07) is 5.09. The van der Waals surface area contributed by atoms with E-state index in [-0.39, 0.29) is 17.5 Å². The van der Waals surface area contributed by atoms with Crippen LogP contribution in [0.2, 0.25) is 5.02 Å². The quantitative estimate of drug-likeness (QED) is 0.312. The third-order valence-corrected chi connectivity index (χ3v) is 5.77. The fourth-order valence-corrected chi connectivity index (χ4v) is 4.04. The van der Waals surface area contributed by atoms with Gasteiger partial charge in [-0.2, -0.15) is 5.10 Å². The summed E-state index contributed by atoms with van der Waals surface area (Å²) in [6.07, 6.45) is 3.22. The standard InChI is InChI=1S/C19H18ClN7O4S/c1-30-5-4-23-14(28)8-31-10-2-3-11(12(20)6-10)13-7-22-9-27(13)18-15-17(25-26-18)24-19(32-15)16(21)29/h2-3,6-7,9H,4-5,8H2,1H3,(H2,21,29)(H,23,28)(H,25,26). The summed E-state index contributed by atoms with van der Waals surface area (Å²) in [6.45, 7) is 0.688. The number of thiazole rings is 1. The predicted molar refractivity (Wildman–Crippen MR) is 118 cm³/mol. The Kier molecular flexibility index (Phi) is 6.35. The molecule has 1 aromatic carbocycles. The van der Waals surface area contributed by atoms with Gasteiger partial charge < -0.3 is 20.5 Å². The van der Waals surface area contributed by atoms with Gasteiger partial charge in [-0.15, -0.1) is 11.3 Å². The lowest BCUT2D eigenvalue weighted by molar-refractivity contribution is -0.123. The molecular weight excluding hydrogens is 458 g/mol. The van der Waals surface area contributed by atoms with E-state index < -0.39 is 5.91 Å². The van der Waals surface area contributed by atoms with Crippen molar-refractivity contribution in [2.24, 2.45) is 5.73 Å². The Hall–Kier alpha value is -3.48. The molecule has 0 fully saturated rings. The normalized spacial score (nSPS) is 11.1. The Bertz CT molecular complexity index is 1280. The predicted octanol–water partition coefficient (Wildman–Crippen LogP) is 1.77. The second kappa shape index (κ2) is 9.34. The van der Waals surface area contributed by atoms with Crippen molar-refractivity contribution in [3.8, 4) is 22.8 Å². The van der Waals surface area contributed by atoms with E-state index in [4.69, 9.17) is 26.8 Å². The lowest BCUT2D eigenvalue weighted by atomic mass is 10.1. The molecule has 0 aliphatic carbocycles. The van der Waals surface area contributed by atoms with Crippen molar-refractivity contribution in [2.75, 3.05) is 26.9 Å². The second-order valence-electron chi connectivity index (χ2n) is 6.53. The van der Waals surface area contributed by atoms with E-state index in [0.717, 1.165) is 11.3 Å². The highest BCUT2D eigenvalue weighted by Gasteiger charge is 2.19. The molecule has 11 nitrogen and oxygen atoms in total. The van der Waals surface area contributed by atoms with Gasteiger partial charge in [-0.3, -0.25) is 19.3 Å². The highest BCUT2D eigenvalue weighted by molar-refractivity contribution is 7.20. The van der Waals surface area contributed by atoms with Crippen molar-refractivity contribution in [2.45, 2.75) is 0 Å². The number of primary amides is 1. The first-order chi connectivity index (χ1) is 15.5. The molecule has 3 heterocycles. The summed E-state index contributed by atoms with van der Waals surface area (Å²) in [4.78, 5) is 31.6. The fourth-order valence-electron chi connectivity index (χ4n) is 2.92. The van der Waals surface area contributed by atoms with Gasteiger partial charge in [0, 0.05) is 19.2 Å². The number of aromatic nitrogens is 5. The number of carbonyl (C=O) groups excluding carboxylic acids is 2. The van der Waals surface area contributed by atoms with E-state index in [1.165, 1.54) is 0 Å². The van der Waals surface area contributed by atoms with Gasteiger partial charge in [0.05, 0.1) is 23.5 Å². The Morgan fingerprint density at radius 2 is 2.22 bits per heavy atom. The first-order valence-electron chi connectivity index (χ1n) is 9.33. The number of methoxy groups -OCH3 is 1. The zero-order chi connectivity index (χ0) is 22.7. The maximum Gasteiger partial charge on any atom is 0.277 e. The number of H-pyrrole nitrogens is 1. The maximum absolute atomic E-state index is 11.8. The molecule has 4 N–H and O–H groups in total. The topological polar surface area (TPSA) is 150 Å². The van der Waals surface area contributed by atoms with Crippen molar-refractivity contribution >= 4 is 45.1 Å². The number of rotatable bonds is 9. The zero-order valence-corrected chi connectivity index (χ0v) is 18.4. The highest BCUT2D eigenvalue weighted by Crippen LogP contribution is 2.34. The summed E-state index contributed by atoms with van der Waals surface area (Å²) >= 11 is 7.64. The lowest BCUT2D eigenvalue weighted by Gasteiger charge is -2.11. The summed E-state index contributed by atoms with van der Waals surface area (Å²) in [5.74, 6) is 0.0919. The highest BCUT2D eigenvalue weighted by atomic mass is 35.5. The number of halogens is 1. The molecule has 0 unspecified atom stereocenters. The zero-order valence-electron chi connectivity index (χ0n) is 16.8. The monoisotopic (exact) mass is 475 g/mol. The van der Waals surface area contributed by atoms with Crippen LogP contribution in [0.3, 0.4) is 0 Å². The number of fused-ring (bicyclic) bond motifs is 1. The molecule has 2 amide bonds. The first-order valence-corrected chi connectivity index (χ1v) is 10.5. The van der Waals surface area contributed by atoms with Crippen molar-refractivity contribution in [3.05, 3.63) is 40.8 Å². The van der Waals surface area contributed by atoms with Gasteiger partial charge in [-0.05, 0) is 18.2 Å². The lowest BCUT2D eigenvalue weighted by Crippen LogP contribution is -2.31.